The van der Waals surface area contributed by atoms with Gasteiger partial charge in [0, 0.05) is 11.9 Å². The van der Waals surface area contributed by atoms with E-state index in [0.29, 0.717) is 4.80 Å². The number of carbonyl (C=O) groups is 1. The number of thiazole rings is 1. The van der Waals surface area contributed by atoms with Crippen molar-refractivity contribution in [3.63, 3.8) is 0 Å². The summed E-state index contributed by atoms with van der Waals surface area (Å²) in [6.07, 6.45) is 0.166. The van der Waals surface area contributed by atoms with E-state index in [-0.39, 0.29) is 18.1 Å². The number of fused-ring (bicyclic) bond motifs is 3. The first-order valence-corrected chi connectivity index (χ1v) is 9.30. The fraction of sp³-hybridized carbons (Fsp3) is 0.143. The second-order valence-electron chi connectivity index (χ2n) is 6.07. The molecule has 0 radical (unpaired) electrons. The van der Waals surface area contributed by atoms with Gasteiger partial charge >= 0.3 is 0 Å². The van der Waals surface area contributed by atoms with Gasteiger partial charge in [0.15, 0.2) is 4.80 Å². The molecule has 1 aromatic heterocycles. The maximum atomic E-state index is 13.0. The van der Waals surface area contributed by atoms with Crippen molar-refractivity contribution in [2.75, 3.05) is 0 Å². The van der Waals surface area contributed by atoms with Crippen molar-refractivity contribution in [2.45, 2.75) is 19.9 Å². The summed E-state index contributed by atoms with van der Waals surface area (Å²) >= 11 is 1.53. The Morgan fingerprint density at radius 1 is 1.08 bits per heavy atom. The summed E-state index contributed by atoms with van der Waals surface area (Å²) in [5.41, 5.74) is 1.85. The molecule has 3 nitrogen and oxygen atoms in total. The number of hydrogen-bond donors (Lipinski definition) is 0. The zero-order valence-corrected chi connectivity index (χ0v) is 15.1. The highest BCUT2D eigenvalue weighted by Crippen LogP contribution is 2.27. The van der Waals surface area contributed by atoms with E-state index in [2.05, 4.69) is 33.8 Å². The first-order valence-electron chi connectivity index (χ1n) is 8.49. The van der Waals surface area contributed by atoms with Crippen LogP contribution >= 0.6 is 11.3 Å². The van der Waals surface area contributed by atoms with Crippen molar-refractivity contribution in [1.82, 2.24) is 4.57 Å². The summed E-state index contributed by atoms with van der Waals surface area (Å²) < 4.78 is 16.2. The number of rotatable bonds is 3. The van der Waals surface area contributed by atoms with Crippen molar-refractivity contribution in [1.29, 1.82) is 0 Å². The molecule has 0 aliphatic heterocycles. The number of aromatic nitrogens is 1. The Morgan fingerprint density at radius 2 is 1.85 bits per heavy atom. The molecule has 0 aliphatic rings. The van der Waals surface area contributed by atoms with Crippen LogP contribution < -0.4 is 4.80 Å². The van der Waals surface area contributed by atoms with E-state index in [0.717, 1.165) is 22.3 Å². The SMILES string of the molecule is CCn1c(=NC(=O)Cc2ccc(F)cc2)sc2c3ccccc3ccc21. The van der Waals surface area contributed by atoms with E-state index in [4.69, 9.17) is 0 Å². The zero-order chi connectivity index (χ0) is 18.1. The van der Waals surface area contributed by atoms with Crippen molar-refractivity contribution in [2.24, 2.45) is 4.99 Å². The van der Waals surface area contributed by atoms with E-state index >= 15 is 0 Å². The molecule has 0 atom stereocenters. The van der Waals surface area contributed by atoms with Gasteiger partial charge in [-0.25, -0.2) is 4.39 Å². The minimum atomic E-state index is -0.307. The fourth-order valence-corrected chi connectivity index (χ4v) is 4.36. The van der Waals surface area contributed by atoms with Gasteiger partial charge < -0.3 is 4.57 Å². The van der Waals surface area contributed by atoms with Crippen molar-refractivity contribution in [3.05, 3.63) is 76.8 Å². The molecular formula is C21H17FN2OS. The topological polar surface area (TPSA) is 34.4 Å². The van der Waals surface area contributed by atoms with Crippen LogP contribution in [-0.2, 0) is 17.8 Å². The summed E-state index contributed by atoms with van der Waals surface area (Å²) in [5.74, 6) is -0.534. The van der Waals surface area contributed by atoms with Crippen LogP contribution in [0.4, 0.5) is 4.39 Å². The largest absolute Gasteiger partial charge is 0.317 e. The van der Waals surface area contributed by atoms with Crippen molar-refractivity contribution in [3.8, 4) is 0 Å². The summed E-state index contributed by atoms with van der Waals surface area (Å²) in [4.78, 5) is 17.4. The Balaban J connectivity index is 1.79. The van der Waals surface area contributed by atoms with Crippen molar-refractivity contribution >= 4 is 38.2 Å². The number of hydrogen-bond acceptors (Lipinski definition) is 2. The van der Waals surface area contributed by atoms with Crippen LogP contribution in [0, 0.1) is 5.82 Å². The summed E-state index contributed by atoms with van der Waals surface area (Å²) in [7, 11) is 0. The Hall–Kier alpha value is -2.79. The number of halogens is 1. The standard InChI is InChI=1S/C21H17FN2OS/c1-2-24-18-12-9-15-5-3-4-6-17(15)20(18)26-21(24)23-19(25)13-14-7-10-16(22)11-8-14/h3-12H,2,13H2,1H3. The highest BCUT2D eigenvalue weighted by Gasteiger charge is 2.10. The highest BCUT2D eigenvalue weighted by atomic mass is 32.1. The van der Waals surface area contributed by atoms with E-state index < -0.39 is 0 Å². The summed E-state index contributed by atoms with van der Waals surface area (Å²) in [6, 6.07) is 18.4. The predicted molar refractivity (Wildman–Crippen MR) is 104 cm³/mol. The van der Waals surface area contributed by atoms with Crippen LogP contribution in [0.5, 0.6) is 0 Å². The third-order valence-electron chi connectivity index (χ3n) is 4.38. The molecule has 0 saturated carbocycles. The Bertz CT molecular complexity index is 1170. The first-order chi connectivity index (χ1) is 12.7. The van der Waals surface area contributed by atoms with Crippen molar-refractivity contribution < 1.29 is 9.18 Å². The number of carbonyl (C=O) groups excluding carboxylic acids is 1. The van der Waals surface area contributed by atoms with Crippen LogP contribution in [0.2, 0.25) is 0 Å². The zero-order valence-electron chi connectivity index (χ0n) is 14.3. The van der Waals surface area contributed by atoms with Gasteiger partial charge in [-0.15, -0.1) is 0 Å². The van der Waals surface area contributed by atoms with E-state index in [1.807, 2.05) is 19.1 Å². The molecule has 4 aromatic rings. The van der Waals surface area contributed by atoms with Gasteiger partial charge in [-0.1, -0.05) is 53.8 Å². The Morgan fingerprint density at radius 3 is 2.62 bits per heavy atom. The van der Waals surface area contributed by atoms with Crippen LogP contribution in [0.25, 0.3) is 21.0 Å². The van der Waals surface area contributed by atoms with Gasteiger partial charge in [-0.05, 0) is 36.1 Å². The maximum absolute atomic E-state index is 13.0. The smallest absolute Gasteiger partial charge is 0.252 e. The minimum absolute atomic E-state index is 0.166. The Kier molecular flexibility index (Phi) is 4.39. The van der Waals surface area contributed by atoms with Gasteiger partial charge in [-0.2, -0.15) is 4.99 Å². The lowest BCUT2D eigenvalue weighted by Gasteiger charge is -2.02. The normalized spacial score (nSPS) is 12.2. The second kappa shape index (κ2) is 6.84. The lowest BCUT2D eigenvalue weighted by molar-refractivity contribution is -0.117. The average molecular weight is 364 g/mol. The molecule has 26 heavy (non-hydrogen) atoms. The van der Waals surface area contributed by atoms with Crippen LogP contribution in [0.1, 0.15) is 12.5 Å². The summed E-state index contributed by atoms with van der Waals surface area (Å²) in [5, 5.41) is 2.35. The van der Waals surface area contributed by atoms with E-state index in [9.17, 15) is 9.18 Å². The molecule has 0 bridgehead atoms. The molecule has 4 rings (SSSR count). The summed E-state index contributed by atoms with van der Waals surface area (Å²) in [6.45, 7) is 2.78. The molecular weight excluding hydrogens is 347 g/mol. The first kappa shape index (κ1) is 16.7. The molecule has 0 saturated heterocycles. The maximum Gasteiger partial charge on any atom is 0.252 e. The minimum Gasteiger partial charge on any atom is -0.317 e. The lowest BCUT2D eigenvalue weighted by Crippen LogP contribution is -2.16. The monoisotopic (exact) mass is 364 g/mol. The molecule has 0 spiro atoms. The quantitative estimate of drug-likeness (QED) is 0.519. The third kappa shape index (κ3) is 3.06. The number of amides is 1. The molecule has 0 aliphatic carbocycles. The average Bonchev–Trinajstić information content (AvgIpc) is 3.01. The molecule has 130 valence electrons. The van der Waals surface area contributed by atoms with Gasteiger partial charge in [-0.3, -0.25) is 4.79 Å². The Labute approximate surface area is 154 Å². The molecule has 1 amide bonds. The lowest BCUT2D eigenvalue weighted by atomic mass is 10.1. The third-order valence-corrected chi connectivity index (χ3v) is 5.51. The molecule has 0 unspecified atom stereocenters. The molecule has 0 fully saturated rings. The molecule has 0 N–H and O–H groups in total. The van der Waals surface area contributed by atoms with Crippen LogP contribution in [0.3, 0.4) is 0 Å². The second-order valence-corrected chi connectivity index (χ2v) is 7.05. The van der Waals surface area contributed by atoms with Crippen LogP contribution in [0.15, 0.2) is 65.7 Å². The van der Waals surface area contributed by atoms with E-state index in [1.165, 1.54) is 34.2 Å². The predicted octanol–water partition coefficient (Wildman–Crippen LogP) is 4.69. The van der Waals surface area contributed by atoms with Gasteiger partial charge in [0.1, 0.15) is 5.82 Å². The highest BCUT2D eigenvalue weighted by molar-refractivity contribution is 7.17. The van der Waals surface area contributed by atoms with Gasteiger partial charge in [0.25, 0.3) is 5.91 Å². The fourth-order valence-electron chi connectivity index (χ4n) is 3.11. The van der Waals surface area contributed by atoms with E-state index in [1.54, 1.807) is 12.1 Å². The number of aryl methyl sites for hydroxylation is 1. The number of benzene rings is 3. The van der Waals surface area contributed by atoms with Gasteiger partial charge in [0.2, 0.25) is 0 Å². The van der Waals surface area contributed by atoms with Gasteiger partial charge in [0.05, 0.1) is 16.6 Å². The molecule has 5 heteroatoms. The molecule has 3 aromatic carbocycles. The van der Waals surface area contributed by atoms with Crippen LogP contribution in [-0.4, -0.2) is 10.5 Å². The molecule has 1 heterocycles. The number of nitrogens with zero attached hydrogens (tertiary/aromatic N) is 2.